The normalized spacial score (nSPS) is 11.9. The van der Waals surface area contributed by atoms with E-state index in [-0.39, 0.29) is 6.10 Å². The third kappa shape index (κ3) is 5.42. The number of carbonyl (C=O) groups is 1. The zero-order valence-electron chi connectivity index (χ0n) is 15.4. The second kappa shape index (κ2) is 8.48. The molecule has 0 bridgehead atoms. The molecule has 26 heavy (non-hydrogen) atoms. The average Bonchev–Trinajstić information content (AvgIpc) is 2.94. The molecule has 0 saturated heterocycles. The zero-order valence-corrected chi connectivity index (χ0v) is 17.0. The number of hydrogen-bond donors (Lipinski definition) is 0. The highest BCUT2D eigenvalue weighted by molar-refractivity contribution is 7.14. The van der Waals surface area contributed by atoms with Crippen LogP contribution in [0.2, 0.25) is 5.02 Å². The molecule has 0 fully saturated rings. The maximum atomic E-state index is 12.6. The number of benzene rings is 1. The number of halogens is 1. The summed E-state index contributed by atoms with van der Waals surface area (Å²) in [6.45, 7) is 7.32. The highest BCUT2D eigenvalue weighted by atomic mass is 35.5. The van der Waals surface area contributed by atoms with Crippen molar-refractivity contribution in [3.05, 3.63) is 50.7 Å². The summed E-state index contributed by atoms with van der Waals surface area (Å²) in [5.41, 5.74) is 0.227. The van der Waals surface area contributed by atoms with Crippen LogP contribution in [0.1, 0.15) is 53.9 Å². The Morgan fingerprint density at radius 1 is 1.27 bits per heavy atom. The van der Waals surface area contributed by atoms with Gasteiger partial charge in [-0.25, -0.2) is 4.79 Å². The highest BCUT2D eigenvalue weighted by Gasteiger charge is 2.25. The molecular weight excluding hydrogens is 372 g/mol. The van der Waals surface area contributed by atoms with E-state index in [2.05, 4.69) is 12.0 Å². The van der Waals surface area contributed by atoms with Gasteiger partial charge in [-0.3, -0.25) is 0 Å². The van der Waals surface area contributed by atoms with Gasteiger partial charge in [-0.1, -0.05) is 29.8 Å². The van der Waals surface area contributed by atoms with Crippen molar-refractivity contribution in [3.8, 4) is 17.8 Å². The van der Waals surface area contributed by atoms with Crippen LogP contribution in [0.25, 0.3) is 0 Å². The van der Waals surface area contributed by atoms with Crippen LogP contribution in [0, 0.1) is 12.0 Å². The lowest BCUT2D eigenvalue weighted by atomic mass is 10.1. The topological polar surface area (TPSA) is 44.8 Å². The summed E-state index contributed by atoms with van der Waals surface area (Å²) < 4.78 is 16.3. The molecule has 1 heterocycles. The number of carbonyl (C=O) groups excluding carboxylic acids is 1. The number of ether oxygens (including phenoxy) is 3. The van der Waals surface area contributed by atoms with Crippen LogP contribution in [-0.2, 0) is 9.47 Å². The molecule has 4 nitrogen and oxygen atoms in total. The Bertz CT molecular complexity index is 839. The molecule has 0 aliphatic carbocycles. The van der Waals surface area contributed by atoms with Gasteiger partial charge < -0.3 is 14.2 Å². The third-order valence-corrected chi connectivity index (χ3v) is 4.56. The van der Waals surface area contributed by atoms with Crippen LogP contribution >= 0.6 is 22.9 Å². The lowest BCUT2D eigenvalue weighted by Crippen LogP contribution is -2.23. The van der Waals surface area contributed by atoms with Gasteiger partial charge in [0.2, 0.25) is 0 Å². The predicted molar refractivity (Wildman–Crippen MR) is 104 cm³/mol. The SMILES string of the molecule is COC#Cc1cc(O[C@H](C)c2ccccc2Cl)c(C(=O)OC(C)(C)C)s1. The summed E-state index contributed by atoms with van der Waals surface area (Å²) in [5.74, 6) is 2.79. The minimum atomic E-state index is -0.606. The Balaban J connectivity index is 2.34. The van der Waals surface area contributed by atoms with E-state index in [4.69, 9.17) is 25.8 Å². The van der Waals surface area contributed by atoms with Crippen LogP contribution < -0.4 is 4.74 Å². The molecule has 1 atom stereocenters. The Kier molecular flexibility index (Phi) is 6.57. The second-order valence-electron chi connectivity index (χ2n) is 6.52. The van der Waals surface area contributed by atoms with E-state index in [1.54, 1.807) is 12.1 Å². The van der Waals surface area contributed by atoms with Gasteiger partial charge in [-0.15, -0.1) is 11.3 Å². The number of thiophene rings is 1. The van der Waals surface area contributed by atoms with Gasteiger partial charge in [0.05, 0.1) is 12.0 Å². The summed E-state index contributed by atoms with van der Waals surface area (Å²) in [4.78, 5) is 13.6. The van der Waals surface area contributed by atoms with E-state index in [0.29, 0.717) is 20.5 Å². The molecule has 1 aromatic carbocycles. The maximum absolute atomic E-state index is 12.6. The van der Waals surface area contributed by atoms with E-state index < -0.39 is 11.6 Å². The minimum Gasteiger partial charge on any atom is -0.484 e. The number of hydrogen-bond acceptors (Lipinski definition) is 5. The largest absolute Gasteiger partial charge is 0.484 e. The lowest BCUT2D eigenvalue weighted by Gasteiger charge is -2.20. The quantitative estimate of drug-likeness (QED) is 0.512. The van der Waals surface area contributed by atoms with Gasteiger partial charge in [0.25, 0.3) is 0 Å². The number of rotatable bonds is 4. The fraction of sp³-hybridized carbons (Fsp3) is 0.350. The Labute approximate surface area is 163 Å². The first-order valence-corrected chi connectivity index (χ1v) is 9.23. The third-order valence-electron chi connectivity index (χ3n) is 3.21. The number of methoxy groups -OCH3 is 1. The van der Waals surface area contributed by atoms with Crippen molar-refractivity contribution in [3.63, 3.8) is 0 Å². The number of esters is 1. The monoisotopic (exact) mass is 392 g/mol. The average molecular weight is 393 g/mol. The molecule has 6 heteroatoms. The van der Waals surface area contributed by atoms with Gasteiger partial charge in [-0.2, -0.15) is 0 Å². The minimum absolute atomic E-state index is 0.345. The first kappa shape index (κ1) is 20.2. The molecule has 2 rings (SSSR count). The van der Waals surface area contributed by atoms with Crippen molar-refractivity contribution in [2.45, 2.75) is 39.4 Å². The molecule has 0 saturated carbocycles. The molecule has 0 radical (unpaired) electrons. The first-order chi connectivity index (χ1) is 12.2. The van der Waals surface area contributed by atoms with Gasteiger partial charge >= 0.3 is 5.97 Å². The fourth-order valence-corrected chi connectivity index (χ4v) is 3.25. The molecule has 0 amide bonds. The molecule has 0 aliphatic rings. The van der Waals surface area contributed by atoms with Gasteiger partial charge in [0.15, 0.2) is 4.88 Å². The van der Waals surface area contributed by atoms with E-state index >= 15 is 0 Å². The Morgan fingerprint density at radius 3 is 2.58 bits per heavy atom. The molecule has 138 valence electrons. The summed E-state index contributed by atoms with van der Waals surface area (Å²) in [6.07, 6.45) is 2.17. The van der Waals surface area contributed by atoms with Crippen molar-refractivity contribution >= 4 is 28.9 Å². The standard InChI is InChI=1S/C20H21ClO4S/c1-13(15-8-6-7-9-16(15)21)24-17-12-14(10-11-23-5)26-18(17)19(22)25-20(2,3)4/h6-9,12-13H,1-5H3/t13-/m1/s1. The highest BCUT2D eigenvalue weighted by Crippen LogP contribution is 2.35. The molecule has 0 spiro atoms. The molecule has 0 N–H and O–H groups in total. The van der Waals surface area contributed by atoms with Crippen molar-refractivity contribution in [2.75, 3.05) is 7.11 Å². The van der Waals surface area contributed by atoms with Crippen LogP contribution in [0.15, 0.2) is 30.3 Å². The molecule has 0 aliphatic heterocycles. The van der Waals surface area contributed by atoms with E-state index in [9.17, 15) is 4.79 Å². The second-order valence-corrected chi connectivity index (χ2v) is 7.98. The molecule has 2 aromatic rings. The van der Waals surface area contributed by atoms with Crippen LogP contribution in [0.4, 0.5) is 0 Å². The van der Waals surface area contributed by atoms with Crippen molar-refractivity contribution in [1.29, 1.82) is 0 Å². The first-order valence-electron chi connectivity index (χ1n) is 8.03. The van der Waals surface area contributed by atoms with E-state index in [1.165, 1.54) is 18.4 Å². The van der Waals surface area contributed by atoms with Crippen LogP contribution in [-0.4, -0.2) is 18.7 Å². The summed E-state index contributed by atoms with van der Waals surface area (Å²) in [7, 11) is 1.48. The smallest absolute Gasteiger partial charge is 0.352 e. The fourth-order valence-electron chi connectivity index (χ4n) is 2.15. The van der Waals surface area contributed by atoms with Gasteiger partial charge in [-0.05, 0) is 39.7 Å². The van der Waals surface area contributed by atoms with E-state index in [1.807, 2.05) is 45.9 Å². The van der Waals surface area contributed by atoms with Gasteiger partial charge in [0, 0.05) is 16.7 Å². The van der Waals surface area contributed by atoms with Crippen molar-refractivity contribution in [2.24, 2.45) is 0 Å². The summed E-state index contributed by atoms with van der Waals surface area (Å²) in [5, 5.41) is 0.605. The maximum Gasteiger partial charge on any atom is 0.352 e. The van der Waals surface area contributed by atoms with Crippen molar-refractivity contribution < 1.29 is 19.0 Å². The summed E-state index contributed by atoms with van der Waals surface area (Å²) >= 11 is 7.44. The Hall–Kier alpha value is -2.16. The van der Waals surface area contributed by atoms with Crippen molar-refractivity contribution in [1.82, 2.24) is 0 Å². The van der Waals surface area contributed by atoms with Crippen LogP contribution in [0.5, 0.6) is 5.75 Å². The van der Waals surface area contributed by atoms with Gasteiger partial charge in [0.1, 0.15) is 23.6 Å². The zero-order chi connectivity index (χ0) is 19.3. The van der Waals surface area contributed by atoms with Crippen LogP contribution in [0.3, 0.4) is 0 Å². The van der Waals surface area contributed by atoms with E-state index in [0.717, 1.165) is 5.56 Å². The molecule has 0 unspecified atom stereocenters. The lowest BCUT2D eigenvalue weighted by molar-refractivity contribution is 0.00706. The predicted octanol–water partition coefficient (Wildman–Crippen LogP) is 5.45. The molecule has 1 aromatic heterocycles. The Morgan fingerprint density at radius 2 is 1.96 bits per heavy atom. The molecular formula is C20H21ClO4S. The summed E-state index contributed by atoms with van der Waals surface area (Å²) in [6, 6.07) is 9.14.